The molecule has 0 aliphatic heterocycles. The van der Waals surface area contributed by atoms with Gasteiger partial charge in [0.15, 0.2) is 0 Å². The number of aliphatic hydroxyl groups is 1. The van der Waals surface area contributed by atoms with Crippen LogP contribution in [0.25, 0.3) is 0 Å². The smallest absolute Gasteiger partial charge is 0.356 e. The third-order valence-corrected chi connectivity index (χ3v) is 7.65. The summed E-state index contributed by atoms with van der Waals surface area (Å²) in [7, 11) is 0. The van der Waals surface area contributed by atoms with Gasteiger partial charge in [-0.3, -0.25) is 4.79 Å². The maximum atomic E-state index is 13.1. The summed E-state index contributed by atoms with van der Waals surface area (Å²) < 4.78 is -0.206. The summed E-state index contributed by atoms with van der Waals surface area (Å²) in [4.78, 5) is 30.4. The Kier molecular flexibility index (Phi) is 8.40. The Morgan fingerprint density at radius 1 is 0.842 bits per heavy atom. The number of nitrogens with one attached hydrogen (secondary N) is 1. The number of aromatic hydroxyl groups is 2. The van der Waals surface area contributed by atoms with Crippen molar-refractivity contribution in [2.45, 2.75) is 24.3 Å². The maximum absolute atomic E-state index is 13.1. The zero-order chi connectivity index (χ0) is 27.1. The average molecular weight is 533 g/mol. The van der Waals surface area contributed by atoms with Crippen molar-refractivity contribution in [3.63, 3.8) is 0 Å². The molecular formula is C29H28N2O6S. The van der Waals surface area contributed by atoms with Gasteiger partial charge in [0.1, 0.15) is 6.04 Å². The van der Waals surface area contributed by atoms with Crippen LogP contribution in [0.5, 0.6) is 11.8 Å². The molecule has 0 fully saturated rings. The molecule has 196 valence electrons. The van der Waals surface area contributed by atoms with Gasteiger partial charge in [0.05, 0.1) is 11.4 Å². The van der Waals surface area contributed by atoms with Gasteiger partial charge < -0.3 is 25.5 Å². The van der Waals surface area contributed by atoms with Gasteiger partial charge in [-0.15, -0.1) is 16.5 Å². The van der Waals surface area contributed by atoms with Gasteiger partial charge in [-0.1, -0.05) is 84.9 Å². The van der Waals surface area contributed by atoms with Gasteiger partial charge in [0, 0.05) is 24.8 Å². The quantitative estimate of drug-likeness (QED) is 0.230. The lowest BCUT2D eigenvalue weighted by Gasteiger charge is -2.36. The molecule has 4 rings (SSSR count). The first-order valence-electron chi connectivity index (χ1n) is 11.9. The van der Waals surface area contributed by atoms with Crippen LogP contribution in [0, 0.1) is 0 Å². The molecule has 0 aliphatic carbocycles. The summed E-state index contributed by atoms with van der Waals surface area (Å²) in [6.45, 7) is 1.21. The fourth-order valence-corrected chi connectivity index (χ4v) is 5.76. The van der Waals surface area contributed by atoms with Crippen molar-refractivity contribution in [3.8, 4) is 11.8 Å². The number of rotatable bonds is 10. The van der Waals surface area contributed by atoms with Crippen molar-refractivity contribution in [2.24, 2.45) is 0 Å². The Hall–Kier alpha value is -4.21. The van der Waals surface area contributed by atoms with Crippen LogP contribution < -0.4 is 10.2 Å². The highest BCUT2D eigenvalue weighted by Crippen LogP contribution is 2.48. The number of aliphatic hydroxyl groups excluding tert-OH is 1. The summed E-state index contributed by atoms with van der Waals surface area (Å²) in [5.74, 6) is -2.13. The van der Waals surface area contributed by atoms with Crippen molar-refractivity contribution >= 4 is 23.6 Å². The molecule has 0 saturated heterocycles. The number of carbonyl (C=O) groups excluding carboxylic acids is 2. The van der Waals surface area contributed by atoms with Crippen LogP contribution in [0.2, 0.25) is 0 Å². The molecule has 1 atom stereocenters. The minimum atomic E-state index is -1.11. The van der Waals surface area contributed by atoms with Crippen LogP contribution in [-0.2, 0) is 20.9 Å². The standard InChI is InChI=1S/C29H28N2O6S/c1-20(33)30-25(28(36)37-31-26(34)16-17-27(31)35)19-38-29(22-8-4-2-5-9-22,23-10-6-3-7-11-23)24-14-12-21(18-32)13-15-24/h2-17,25,32,34-35H,18-19H2,1H3,(H,30,33)/t25-/m0/s1. The Labute approximate surface area is 224 Å². The first kappa shape index (κ1) is 26.8. The average Bonchev–Trinajstić information content (AvgIpc) is 3.26. The predicted molar refractivity (Wildman–Crippen MR) is 145 cm³/mol. The minimum absolute atomic E-state index is 0.0900. The zero-order valence-corrected chi connectivity index (χ0v) is 21.5. The second-order valence-corrected chi connectivity index (χ2v) is 9.82. The van der Waals surface area contributed by atoms with Crippen LogP contribution >= 0.6 is 11.8 Å². The van der Waals surface area contributed by atoms with Gasteiger partial charge >= 0.3 is 5.97 Å². The van der Waals surface area contributed by atoms with Crippen molar-refractivity contribution in [1.82, 2.24) is 10.0 Å². The van der Waals surface area contributed by atoms with E-state index >= 15 is 0 Å². The zero-order valence-electron chi connectivity index (χ0n) is 20.7. The summed E-state index contributed by atoms with van der Waals surface area (Å²) in [5.41, 5.74) is 3.57. The first-order chi connectivity index (χ1) is 18.3. The molecule has 1 heterocycles. The van der Waals surface area contributed by atoms with Gasteiger partial charge in [-0.25, -0.2) is 4.79 Å². The van der Waals surface area contributed by atoms with Crippen LogP contribution in [0.15, 0.2) is 97.1 Å². The summed E-state index contributed by atoms with van der Waals surface area (Å²) in [5, 5.41) is 32.0. The van der Waals surface area contributed by atoms with E-state index in [2.05, 4.69) is 5.32 Å². The lowest BCUT2D eigenvalue weighted by molar-refractivity contribution is -0.148. The fourth-order valence-electron chi connectivity index (χ4n) is 4.21. The van der Waals surface area contributed by atoms with Gasteiger partial charge in [0.25, 0.3) is 0 Å². The molecule has 9 heteroatoms. The van der Waals surface area contributed by atoms with Crippen molar-refractivity contribution in [3.05, 3.63) is 119 Å². The van der Waals surface area contributed by atoms with Crippen LogP contribution in [0.1, 0.15) is 29.2 Å². The third kappa shape index (κ3) is 5.69. The monoisotopic (exact) mass is 532 g/mol. The molecule has 0 spiro atoms. The highest BCUT2D eigenvalue weighted by molar-refractivity contribution is 8.00. The lowest BCUT2D eigenvalue weighted by Crippen LogP contribution is -2.46. The molecule has 3 aromatic carbocycles. The predicted octanol–water partition coefficient (Wildman–Crippen LogP) is 3.58. The molecule has 0 saturated carbocycles. The van der Waals surface area contributed by atoms with E-state index in [-0.39, 0.29) is 12.4 Å². The molecule has 0 aliphatic rings. The number of amides is 1. The minimum Gasteiger partial charge on any atom is -0.492 e. The number of aromatic nitrogens is 1. The third-order valence-electron chi connectivity index (χ3n) is 6.01. The molecule has 0 radical (unpaired) electrons. The van der Waals surface area contributed by atoms with Gasteiger partial charge in [-0.2, -0.15) is 0 Å². The van der Waals surface area contributed by atoms with E-state index in [1.807, 2.05) is 84.9 Å². The van der Waals surface area contributed by atoms with E-state index in [1.54, 1.807) is 0 Å². The fraction of sp³-hybridized carbons (Fsp3) is 0.172. The topological polar surface area (TPSA) is 121 Å². The van der Waals surface area contributed by atoms with E-state index in [4.69, 9.17) is 4.84 Å². The van der Waals surface area contributed by atoms with Crippen molar-refractivity contribution in [2.75, 3.05) is 5.75 Å². The van der Waals surface area contributed by atoms with Crippen molar-refractivity contribution in [1.29, 1.82) is 0 Å². The molecule has 0 bridgehead atoms. The van der Waals surface area contributed by atoms with Crippen LogP contribution in [-0.4, -0.2) is 43.7 Å². The summed E-state index contributed by atoms with van der Waals surface area (Å²) in [6, 6.07) is 28.4. The number of hydrogen-bond donors (Lipinski definition) is 4. The SMILES string of the molecule is CC(=O)N[C@@H](CSC(c1ccccc1)(c1ccccc1)c1ccc(CO)cc1)C(=O)On1c(O)ccc1O. The molecular weight excluding hydrogens is 504 g/mol. The molecule has 4 N–H and O–H groups in total. The van der Waals surface area contributed by atoms with E-state index in [0.29, 0.717) is 4.73 Å². The highest BCUT2D eigenvalue weighted by Gasteiger charge is 2.39. The second kappa shape index (κ2) is 11.9. The summed E-state index contributed by atoms with van der Waals surface area (Å²) >= 11 is 1.43. The Bertz CT molecular complexity index is 1310. The Morgan fingerprint density at radius 3 is 1.82 bits per heavy atom. The highest BCUT2D eigenvalue weighted by atomic mass is 32.2. The van der Waals surface area contributed by atoms with Crippen molar-refractivity contribution < 1.29 is 29.7 Å². The molecule has 4 aromatic rings. The first-order valence-corrected chi connectivity index (χ1v) is 12.9. The van der Waals surface area contributed by atoms with Crippen LogP contribution in [0.3, 0.4) is 0 Å². The van der Waals surface area contributed by atoms with E-state index in [9.17, 15) is 24.9 Å². The van der Waals surface area contributed by atoms with Crippen LogP contribution in [0.4, 0.5) is 0 Å². The maximum Gasteiger partial charge on any atom is 0.356 e. The number of benzene rings is 3. The lowest BCUT2D eigenvalue weighted by atomic mass is 9.83. The number of hydrogen-bond acceptors (Lipinski definition) is 7. The normalized spacial score (nSPS) is 12.1. The molecule has 0 unspecified atom stereocenters. The van der Waals surface area contributed by atoms with E-state index < -0.39 is 34.4 Å². The van der Waals surface area contributed by atoms with E-state index in [1.165, 1.54) is 30.8 Å². The van der Waals surface area contributed by atoms with Gasteiger partial charge in [0.2, 0.25) is 17.7 Å². The number of thioether (sulfide) groups is 1. The number of carbonyl (C=O) groups is 2. The Balaban J connectivity index is 1.77. The Morgan fingerprint density at radius 2 is 1.34 bits per heavy atom. The largest absolute Gasteiger partial charge is 0.492 e. The summed E-state index contributed by atoms with van der Waals surface area (Å²) in [6.07, 6.45) is 0. The second-order valence-electron chi connectivity index (χ2n) is 8.59. The molecule has 38 heavy (non-hydrogen) atoms. The number of nitrogens with zero attached hydrogens (tertiary/aromatic N) is 1. The van der Waals surface area contributed by atoms with E-state index in [0.717, 1.165) is 22.3 Å². The molecule has 1 amide bonds. The molecule has 8 nitrogen and oxygen atoms in total. The molecule has 1 aromatic heterocycles. The van der Waals surface area contributed by atoms with Gasteiger partial charge in [-0.05, 0) is 22.3 Å².